The first-order valence-corrected chi connectivity index (χ1v) is 31.7. The second-order valence-corrected chi connectivity index (χ2v) is 25.6. The number of ketones is 2. The molecule has 23 heteroatoms. The van der Waals surface area contributed by atoms with Gasteiger partial charge in [-0.05, 0) is 107 Å². The van der Waals surface area contributed by atoms with E-state index in [1.54, 1.807) is 63.4 Å². The number of pyridine rings is 1. The molecule has 0 unspecified atom stereocenters. The van der Waals surface area contributed by atoms with Gasteiger partial charge in [0.05, 0.1) is 43.3 Å². The molecule has 7 rings (SSSR count). The summed E-state index contributed by atoms with van der Waals surface area (Å²) in [4.78, 5) is 130. The van der Waals surface area contributed by atoms with Gasteiger partial charge in [-0.15, -0.1) is 0 Å². The van der Waals surface area contributed by atoms with Crippen LogP contribution < -0.4 is 31.3 Å². The van der Waals surface area contributed by atoms with Gasteiger partial charge in [0.25, 0.3) is 5.91 Å². The Kier molecular flexibility index (Phi) is 24.3. The van der Waals surface area contributed by atoms with Crippen LogP contribution in [-0.4, -0.2) is 157 Å². The zero-order valence-corrected chi connectivity index (χ0v) is 54.3. The van der Waals surface area contributed by atoms with Gasteiger partial charge in [0, 0.05) is 94.9 Å². The molecule has 2 saturated heterocycles. The van der Waals surface area contributed by atoms with Crippen molar-refractivity contribution in [1.82, 2.24) is 25.8 Å². The molecule has 90 heavy (non-hydrogen) atoms. The number of esters is 2. The number of nitrogens with one attached hydrogen (secondary N) is 3. The quantitative estimate of drug-likeness (QED) is 0.0314. The Bertz CT molecular complexity index is 3220. The number of amides is 6. The number of hydrogen-bond acceptors (Lipinski definition) is 16. The lowest BCUT2D eigenvalue weighted by molar-refractivity contribution is -0.187. The number of carbonyl (C=O) groups is 9. The molecule has 3 aliphatic heterocycles. The molecule has 0 radical (unpaired) electrons. The van der Waals surface area contributed by atoms with Crippen molar-refractivity contribution in [3.63, 3.8) is 0 Å². The fourth-order valence-electron chi connectivity index (χ4n) is 12.2. The molecule has 1 saturated carbocycles. The summed E-state index contributed by atoms with van der Waals surface area (Å²) in [7, 11) is 5.89. The molecular formula is C67H90ClN7O15. The molecule has 6 N–H and O–H groups in total. The van der Waals surface area contributed by atoms with Crippen LogP contribution in [0.15, 0.2) is 66.4 Å². The number of unbranched alkanes of at least 4 members (excludes halogenated alkanes) is 2. The number of methoxy groups -OCH3 is 2. The standard InChI is InChI=1S/C67H90ClN7O15/c1-38(2)48(34-45(76)21-12-11-13-27-71-61(80)43-19-15-20-43)62(81)73-49(23-17-29-72-65(69)84)51(77)33-44-25-26-47(46-22-16-28-70-59(44)46)63(82)74(7)41(5)64(83)89-55-35-56(78)75(8)50-31-42(32-52(86-9)58(50)68)30-39(3)18-14-24-54(87-10)67(85)36-53(88-57(79)37-67)40(4)60-66(55,6)90-60/h14,16,18,22,24-26,28,31-32,38,40-41,43,48-49,53-55,60,85H,11-13,15,17,19-21,23,27,29-30,33-37H2,1-10H3,(H,71,80)(H,73,81)(H3,69,72,84)/b24-14+,39-18+/t40-,41+,48+,49+,53+,54-,55+,60+,66+,67-/m1/s1. The van der Waals surface area contributed by atoms with Gasteiger partial charge >= 0.3 is 18.0 Å². The first-order valence-electron chi connectivity index (χ1n) is 31.3. The van der Waals surface area contributed by atoms with Crippen LogP contribution >= 0.6 is 11.6 Å². The lowest BCUT2D eigenvalue weighted by atomic mass is 9.78. The minimum absolute atomic E-state index is 0.0185. The van der Waals surface area contributed by atoms with Crippen molar-refractivity contribution < 1.29 is 71.9 Å². The van der Waals surface area contributed by atoms with Crippen LogP contribution in [-0.2, 0) is 65.4 Å². The number of nitrogens with zero attached hydrogens (tertiary/aromatic N) is 3. The summed E-state index contributed by atoms with van der Waals surface area (Å²) < 4.78 is 30.0. The second-order valence-electron chi connectivity index (χ2n) is 25.3. The van der Waals surface area contributed by atoms with Gasteiger partial charge in [0.2, 0.25) is 17.7 Å². The fraction of sp³-hybridized carbons (Fsp3) is 0.582. The summed E-state index contributed by atoms with van der Waals surface area (Å²) in [6, 6.07) is 6.89. The third-order valence-corrected chi connectivity index (χ3v) is 18.7. The SMILES string of the molecule is COc1cc2cc(c1Cl)N(C)C(=O)C[C@H](OC(=O)[C@H](C)N(C)C(=O)c1ccc(CC(=O)[C@H](CCCNC(N)=O)NC(=O)[C@@H](CC(=O)CCCCCNC(=O)C3CCC3)C(C)C)c3ncccc13)[C@]1(C)O[C@H]1[C@H](C)[C@@H]1C[C@@](O)(CC(=O)O1)[C@H](OC)/C=C/C=C(\C)C2. The number of primary amides is 1. The number of urea groups is 1. The van der Waals surface area contributed by atoms with E-state index in [4.69, 9.17) is 41.0 Å². The van der Waals surface area contributed by atoms with E-state index in [0.29, 0.717) is 47.3 Å². The lowest BCUT2D eigenvalue weighted by Crippen LogP contribution is -2.53. The highest BCUT2D eigenvalue weighted by atomic mass is 35.5. The van der Waals surface area contributed by atoms with Crippen LogP contribution in [0.25, 0.3) is 10.9 Å². The largest absolute Gasteiger partial charge is 0.495 e. The summed E-state index contributed by atoms with van der Waals surface area (Å²) >= 11 is 6.89. The zero-order valence-electron chi connectivity index (χ0n) is 53.5. The second kappa shape index (κ2) is 31.2. The van der Waals surface area contributed by atoms with Crippen LogP contribution in [0.5, 0.6) is 5.75 Å². The van der Waals surface area contributed by atoms with Gasteiger partial charge in [-0.25, -0.2) is 9.59 Å². The van der Waals surface area contributed by atoms with E-state index >= 15 is 0 Å². The Hall–Kier alpha value is -7.27. The molecule has 2 aromatic carbocycles. The number of anilines is 1. The number of rotatable bonds is 25. The molecule has 6 amide bonds. The van der Waals surface area contributed by atoms with E-state index in [-0.39, 0.29) is 91.4 Å². The highest BCUT2D eigenvalue weighted by Gasteiger charge is 2.64. The summed E-state index contributed by atoms with van der Waals surface area (Å²) in [6.07, 6.45) is 8.06. The van der Waals surface area contributed by atoms with Crippen LogP contribution in [0.1, 0.15) is 146 Å². The van der Waals surface area contributed by atoms with Gasteiger partial charge in [-0.2, -0.15) is 0 Å². The molecule has 22 nitrogen and oxygen atoms in total. The van der Waals surface area contributed by atoms with Gasteiger partial charge in [0.15, 0.2) is 5.78 Å². The topological polar surface area (TPSA) is 305 Å². The zero-order chi connectivity index (χ0) is 65.8. The average molecular weight is 1270 g/mol. The number of Topliss-reactive ketones (excluding diaryl/α,β-unsaturated/α-hetero) is 2. The highest BCUT2D eigenvalue weighted by Crippen LogP contribution is 2.50. The predicted molar refractivity (Wildman–Crippen MR) is 337 cm³/mol. The Morgan fingerprint density at radius 3 is 2.41 bits per heavy atom. The van der Waals surface area contributed by atoms with Crippen molar-refractivity contribution in [2.75, 3.05) is 46.3 Å². The summed E-state index contributed by atoms with van der Waals surface area (Å²) in [6.45, 7) is 11.2. The third-order valence-electron chi connectivity index (χ3n) is 18.3. The van der Waals surface area contributed by atoms with E-state index < -0.39 is 102 Å². The van der Waals surface area contributed by atoms with Crippen molar-refractivity contribution in [3.8, 4) is 5.75 Å². The molecule has 1 aliphatic carbocycles. The van der Waals surface area contributed by atoms with E-state index in [0.717, 1.165) is 43.2 Å². The maximum atomic E-state index is 14.7. The van der Waals surface area contributed by atoms with Crippen LogP contribution in [0.3, 0.4) is 0 Å². The summed E-state index contributed by atoms with van der Waals surface area (Å²) in [5.41, 5.74) is 5.18. The predicted octanol–water partition coefficient (Wildman–Crippen LogP) is 7.38. The fourth-order valence-corrected chi connectivity index (χ4v) is 12.5. The maximum absolute atomic E-state index is 14.7. The van der Waals surface area contributed by atoms with Crippen LogP contribution in [0.4, 0.5) is 10.5 Å². The number of nitrogens with two attached hydrogens (primary N) is 1. The number of benzene rings is 2. The molecule has 490 valence electrons. The molecule has 4 bridgehead atoms. The number of aliphatic hydroxyl groups is 1. The van der Waals surface area contributed by atoms with Crippen LogP contribution in [0.2, 0.25) is 5.02 Å². The first kappa shape index (κ1) is 70.2. The molecule has 4 aliphatic rings. The Labute approximate surface area is 532 Å². The van der Waals surface area contributed by atoms with E-state index in [1.807, 2.05) is 26.8 Å². The number of aromatic nitrogens is 1. The number of carbonyl (C=O) groups excluding carboxylic acids is 9. The maximum Gasteiger partial charge on any atom is 0.328 e. The van der Waals surface area contributed by atoms with Gasteiger partial charge in [0.1, 0.15) is 52.1 Å². The molecule has 0 spiro atoms. The third kappa shape index (κ3) is 17.4. The number of epoxide rings is 1. The molecule has 3 aromatic rings. The number of ether oxygens (including phenoxy) is 5. The number of fused-ring (bicyclic) bond motifs is 6. The molecular weight excluding hydrogens is 1180 g/mol. The van der Waals surface area contributed by atoms with Gasteiger partial charge < -0.3 is 60.3 Å². The van der Waals surface area contributed by atoms with Crippen molar-refractivity contribution in [1.29, 1.82) is 0 Å². The minimum Gasteiger partial charge on any atom is -0.495 e. The van der Waals surface area contributed by atoms with E-state index in [9.17, 15) is 48.3 Å². The number of hydrogen-bond donors (Lipinski definition) is 5. The number of likely N-dealkylation sites (N-methyl/N-ethyl adjacent to an activating group) is 1. The molecule has 3 fully saturated rings. The monoisotopic (exact) mass is 1270 g/mol. The number of halogens is 1. The Morgan fingerprint density at radius 1 is 1.00 bits per heavy atom. The van der Waals surface area contributed by atoms with Crippen molar-refractivity contribution in [2.24, 2.45) is 29.4 Å². The van der Waals surface area contributed by atoms with Crippen molar-refractivity contribution in [3.05, 3.63) is 88.1 Å². The normalized spacial score (nSPS) is 24.8. The van der Waals surface area contributed by atoms with E-state index in [2.05, 4.69) is 20.9 Å². The van der Waals surface area contributed by atoms with Crippen molar-refractivity contribution in [2.45, 2.75) is 186 Å². The van der Waals surface area contributed by atoms with Crippen molar-refractivity contribution >= 4 is 81.4 Å². The number of allylic oxidation sites excluding steroid dienone is 3. The Morgan fingerprint density at radius 2 is 1.73 bits per heavy atom. The smallest absolute Gasteiger partial charge is 0.328 e. The lowest BCUT2D eigenvalue weighted by Gasteiger charge is -2.41. The average Bonchev–Trinajstić information content (AvgIpc) is 1.63. The highest BCUT2D eigenvalue weighted by molar-refractivity contribution is 6.35. The van der Waals surface area contributed by atoms with E-state index in [1.165, 1.54) is 50.3 Å². The molecule has 4 heterocycles. The first-order chi connectivity index (χ1) is 42.7. The summed E-state index contributed by atoms with van der Waals surface area (Å²) in [5.74, 6) is -4.63. The molecule has 10 atom stereocenters. The molecule has 1 aromatic heterocycles. The van der Waals surface area contributed by atoms with Gasteiger partial charge in [-0.3, -0.25) is 38.5 Å². The van der Waals surface area contributed by atoms with Crippen LogP contribution in [0, 0.1) is 23.7 Å². The summed E-state index contributed by atoms with van der Waals surface area (Å²) in [5, 5.41) is 21.0. The van der Waals surface area contributed by atoms with Gasteiger partial charge in [-0.1, -0.05) is 81.1 Å². The minimum atomic E-state index is -1.67. The Balaban J connectivity index is 1.08.